The molecule has 6 nitrogen and oxygen atoms in total. The number of carbonyl (C=O) groups is 2. The number of carbonyl (C=O) groups excluding carboxylic acids is 2. The van der Waals surface area contributed by atoms with Crippen molar-refractivity contribution in [3.05, 3.63) is 18.3 Å². The third-order valence-corrected chi connectivity index (χ3v) is 4.01. The van der Waals surface area contributed by atoms with Gasteiger partial charge >= 0.3 is 0 Å². The molecular formula is C17H26N4O2. The van der Waals surface area contributed by atoms with E-state index in [1.165, 1.54) is 0 Å². The average Bonchev–Trinajstić information content (AvgIpc) is 2.55. The van der Waals surface area contributed by atoms with Crippen molar-refractivity contribution in [3.63, 3.8) is 0 Å². The van der Waals surface area contributed by atoms with Gasteiger partial charge in [0.25, 0.3) is 0 Å². The van der Waals surface area contributed by atoms with Crippen LogP contribution in [0.3, 0.4) is 0 Å². The van der Waals surface area contributed by atoms with E-state index in [1.807, 2.05) is 32.9 Å². The van der Waals surface area contributed by atoms with E-state index in [-0.39, 0.29) is 23.7 Å². The highest BCUT2D eigenvalue weighted by atomic mass is 16.2. The largest absolute Gasteiger partial charge is 0.356 e. The highest BCUT2D eigenvalue weighted by molar-refractivity contribution is 5.94. The Kier molecular flexibility index (Phi) is 5.96. The van der Waals surface area contributed by atoms with Crippen LogP contribution >= 0.6 is 0 Å². The molecule has 0 aliphatic carbocycles. The van der Waals surface area contributed by atoms with Gasteiger partial charge in [0, 0.05) is 31.7 Å². The standard InChI is InChI=1S/C17H26N4O2/c1-4-18-17(23)13-7-6-10-21(11-13)15-14(8-5-9-19-15)20-16(22)12(2)3/h5,8-9,12-13H,4,6-7,10-11H2,1-3H3,(H,18,23)(H,20,22). The molecule has 1 aromatic heterocycles. The second kappa shape index (κ2) is 7.94. The maximum Gasteiger partial charge on any atom is 0.227 e. The fourth-order valence-corrected chi connectivity index (χ4v) is 2.73. The Balaban J connectivity index is 2.14. The van der Waals surface area contributed by atoms with Gasteiger partial charge in [-0.2, -0.15) is 0 Å². The zero-order valence-electron chi connectivity index (χ0n) is 14.1. The first-order valence-electron chi connectivity index (χ1n) is 8.31. The van der Waals surface area contributed by atoms with Gasteiger partial charge in [-0.25, -0.2) is 4.98 Å². The van der Waals surface area contributed by atoms with Crippen LogP contribution in [-0.4, -0.2) is 36.4 Å². The van der Waals surface area contributed by atoms with Crippen LogP contribution in [0.4, 0.5) is 11.5 Å². The highest BCUT2D eigenvalue weighted by Gasteiger charge is 2.27. The Labute approximate surface area is 137 Å². The molecule has 0 aromatic carbocycles. The number of hydrogen-bond donors (Lipinski definition) is 2. The summed E-state index contributed by atoms with van der Waals surface area (Å²) in [6.07, 6.45) is 3.55. The van der Waals surface area contributed by atoms with Gasteiger partial charge in [0.1, 0.15) is 0 Å². The van der Waals surface area contributed by atoms with E-state index in [4.69, 9.17) is 0 Å². The highest BCUT2D eigenvalue weighted by Crippen LogP contribution is 2.28. The van der Waals surface area contributed by atoms with Gasteiger partial charge in [-0.3, -0.25) is 9.59 Å². The predicted molar refractivity (Wildman–Crippen MR) is 91.3 cm³/mol. The summed E-state index contributed by atoms with van der Waals surface area (Å²) in [6, 6.07) is 3.67. The fourth-order valence-electron chi connectivity index (χ4n) is 2.73. The van der Waals surface area contributed by atoms with Crippen LogP contribution in [0.5, 0.6) is 0 Å². The number of rotatable bonds is 5. The summed E-state index contributed by atoms with van der Waals surface area (Å²) in [5.41, 5.74) is 0.711. The lowest BCUT2D eigenvalue weighted by molar-refractivity contribution is -0.125. The van der Waals surface area contributed by atoms with Gasteiger partial charge in [-0.05, 0) is 31.9 Å². The average molecular weight is 318 g/mol. The molecule has 1 unspecified atom stereocenters. The Hall–Kier alpha value is -2.11. The number of nitrogens with one attached hydrogen (secondary N) is 2. The second-order valence-electron chi connectivity index (χ2n) is 6.20. The molecular weight excluding hydrogens is 292 g/mol. The maximum absolute atomic E-state index is 12.1. The minimum absolute atomic E-state index is 0.0284. The lowest BCUT2D eigenvalue weighted by Gasteiger charge is -2.33. The molecule has 1 aliphatic heterocycles. The zero-order valence-corrected chi connectivity index (χ0v) is 14.1. The summed E-state index contributed by atoms with van der Waals surface area (Å²) in [7, 11) is 0. The Morgan fingerprint density at radius 1 is 1.43 bits per heavy atom. The predicted octanol–water partition coefficient (Wildman–Crippen LogP) is 2.03. The molecule has 0 saturated carbocycles. The van der Waals surface area contributed by atoms with Crippen molar-refractivity contribution < 1.29 is 9.59 Å². The van der Waals surface area contributed by atoms with E-state index in [0.29, 0.717) is 18.8 Å². The number of pyridine rings is 1. The van der Waals surface area contributed by atoms with Crippen molar-refractivity contribution in [1.82, 2.24) is 10.3 Å². The number of nitrogens with zero attached hydrogens (tertiary/aromatic N) is 2. The van der Waals surface area contributed by atoms with Crippen molar-refractivity contribution in [2.45, 2.75) is 33.6 Å². The Bertz CT molecular complexity index is 559. The number of anilines is 2. The van der Waals surface area contributed by atoms with Crippen LogP contribution in [0.1, 0.15) is 33.6 Å². The van der Waals surface area contributed by atoms with Crippen LogP contribution in [0.2, 0.25) is 0 Å². The number of aromatic nitrogens is 1. The first-order chi connectivity index (χ1) is 11.0. The van der Waals surface area contributed by atoms with E-state index in [2.05, 4.69) is 20.5 Å². The molecule has 1 aromatic rings. The van der Waals surface area contributed by atoms with Gasteiger partial charge < -0.3 is 15.5 Å². The lowest BCUT2D eigenvalue weighted by atomic mass is 9.97. The first kappa shape index (κ1) is 17.2. The number of hydrogen-bond acceptors (Lipinski definition) is 4. The molecule has 23 heavy (non-hydrogen) atoms. The van der Waals surface area contributed by atoms with E-state index < -0.39 is 0 Å². The Morgan fingerprint density at radius 3 is 2.91 bits per heavy atom. The molecule has 2 heterocycles. The third kappa shape index (κ3) is 4.43. The van der Waals surface area contributed by atoms with E-state index in [0.717, 1.165) is 25.2 Å². The van der Waals surface area contributed by atoms with Gasteiger partial charge in [0.05, 0.1) is 11.6 Å². The monoisotopic (exact) mass is 318 g/mol. The van der Waals surface area contributed by atoms with Gasteiger partial charge in [-0.15, -0.1) is 0 Å². The molecule has 1 saturated heterocycles. The van der Waals surface area contributed by atoms with Gasteiger partial charge in [0.2, 0.25) is 11.8 Å². The van der Waals surface area contributed by atoms with Crippen molar-refractivity contribution >= 4 is 23.3 Å². The summed E-state index contributed by atoms with van der Waals surface area (Å²) in [6.45, 7) is 7.77. The van der Waals surface area contributed by atoms with Crippen LogP contribution in [0.25, 0.3) is 0 Å². The summed E-state index contributed by atoms with van der Waals surface area (Å²) < 4.78 is 0. The molecule has 1 fully saturated rings. The summed E-state index contributed by atoms with van der Waals surface area (Å²) in [5.74, 6) is 0.694. The SMILES string of the molecule is CCNC(=O)C1CCCN(c2ncccc2NC(=O)C(C)C)C1. The molecule has 1 aliphatic rings. The second-order valence-corrected chi connectivity index (χ2v) is 6.20. The van der Waals surface area contributed by atoms with E-state index in [9.17, 15) is 9.59 Å². The van der Waals surface area contributed by atoms with Crippen molar-refractivity contribution in [3.8, 4) is 0 Å². The first-order valence-corrected chi connectivity index (χ1v) is 8.31. The molecule has 0 radical (unpaired) electrons. The van der Waals surface area contributed by atoms with Crippen LogP contribution < -0.4 is 15.5 Å². The third-order valence-electron chi connectivity index (χ3n) is 4.01. The van der Waals surface area contributed by atoms with E-state index >= 15 is 0 Å². The molecule has 6 heteroatoms. The van der Waals surface area contributed by atoms with Crippen LogP contribution in [0, 0.1) is 11.8 Å². The zero-order chi connectivity index (χ0) is 16.8. The minimum Gasteiger partial charge on any atom is -0.356 e. The van der Waals surface area contributed by atoms with Crippen LogP contribution in [0.15, 0.2) is 18.3 Å². The molecule has 2 amide bonds. The van der Waals surface area contributed by atoms with E-state index in [1.54, 1.807) is 6.20 Å². The topological polar surface area (TPSA) is 74.3 Å². The summed E-state index contributed by atoms with van der Waals surface area (Å²) >= 11 is 0. The molecule has 0 bridgehead atoms. The van der Waals surface area contributed by atoms with Crippen LogP contribution in [-0.2, 0) is 9.59 Å². The normalized spacial score (nSPS) is 17.9. The van der Waals surface area contributed by atoms with Gasteiger partial charge in [-0.1, -0.05) is 13.8 Å². The molecule has 0 spiro atoms. The fraction of sp³-hybridized carbons (Fsp3) is 0.588. The quantitative estimate of drug-likeness (QED) is 0.871. The number of amides is 2. The molecule has 126 valence electrons. The van der Waals surface area contributed by atoms with Crippen molar-refractivity contribution in [1.29, 1.82) is 0 Å². The Morgan fingerprint density at radius 2 is 2.22 bits per heavy atom. The molecule has 2 N–H and O–H groups in total. The minimum atomic E-state index is -0.0903. The molecule has 1 atom stereocenters. The number of piperidine rings is 1. The maximum atomic E-state index is 12.1. The lowest BCUT2D eigenvalue weighted by Crippen LogP contribution is -2.43. The smallest absolute Gasteiger partial charge is 0.227 e. The van der Waals surface area contributed by atoms with Crippen molar-refractivity contribution in [2.24, 2.45) is 11.8 Å². The van der Waals surface area contributed by atoms with Crippen molar-refractivity contribution in [2.75, 3.05) is 29.9 Å². The summed E-state index contributed by atoms with van der Waals surface area (Å²) in [4.78, 5) is 30.6. The van der Waals surface area contributed by atoms with Gasteiger partial charge in [0.15, 0.2) is 5.82 Å². The molecule has 2 rings (SSSR count). The summed E-state index contributed by atoms with van der Waals surface area (Å²) in [5, 5.41) is 5.83.